The fraction of sp³-hybridized carbons (Fsp3) is 0.158. The number of hydrogen-bond donors (Lipinski definition) is 0. The van der Waals surface area contributed by atoms with Crippen molar-refractivity contribution in [2.75, 3.05) is 0 Å². The van der Waals surface area contributed by atoms with Gasteiger partial charge in [0, 0.05) is 41.6 Å². The van der Waals surface area contributed by atoms with E-state index >= 15 is 0 Å². The van der Waals surface area contributed by atoms with Gasteiger partial charge >= 0.3 is 0 Å². The van der Waals surface area contributed by atoms with Crippen LogP contribution in [-0.4, -0.2) is 14.5 Å². The molecule has 0 spiro atoms. The molecule has 108 valence electrons. The van der Waals surface area contributed by atoms with Crippen LogP contribution in [0.4, 0.5) is 0 Å². The van der Waals surface area contributed by atoms with Gasteiger partial charge in [-0.15, -0.1) is 0 Å². The molecule has 0 N–H and O–H groups in total. The van der Waals surface area contributed by atoms with Crippen molar-refractivity contribution in [3.8, 4) is 11.1 Å². The number of aromatic nitrogens is 3. The van der Waals surface area contributed by atoms with Crippen molar-refractivity contribution >= 4 is 21.9 Å². The van der Waals surface area contributed by atoms with Crippen LogP contribution >= 0.6 is 0 Å². The Bertz CT molecular complexity index is 982. The molecule has 3 heteroatoms. The maximum Gasteiger partial charge on any atom is 0.0965 e. The van der Waals surface area contributed by atoms with E-state index in [1.165, 1.54) is 22.0 Å². The summed E-state index contributed by atoms with van der Waals surface area (Å²) in [5, 5.41) is 1.26. The van der Waals surface area contributed by atoms with E-state index in [1.807, 2.05) is 0 Å². The quantitative estimate of drug-likeness (QED) is 0.540. The molecule has 0 aliphatic rings. The van der Waals surface area contributed by atoms with Crippen molar-refractivity contribution in [3.63, 3.8) is 0 Å². The van der Waals surface area contributed by atoms with Crippen molar-refractivity contribution in [1.29, 1.82) is 0 Å². The van der Waals surface area contributed by atoms with Crippen molar-refractivity contribution in [2.24, 2.45) is 0 Å². The van der Waals surface area contributed by atoms with Crippen molar-refractivity contribution in [1.82, 2.24) is 14.5 Å². The van der Waals surface area contributed by atoms with Crippen molar-refractivity contribution in [2.45, 2.75) is 20.4 Å². The van der Waals surface area contributed by atoms with Crippen LogP contribution < -0.4 is 0 Å². The maximum atomic E-state index is 4.53. The molecule has 0 saturated heterocycles. The Balaban J connectivity index is 1.98. The molecule has 0 aliphatic heterocycles. The summed E-state index contributed by atoms with van der Waals surface area (Å²) in [6.07, 6.45) is 5.64. The highest BCUT2D eigenvalue weighted by atomic mass is 14.9. The lowest BCUT2D eigenvalue weighted by Gasteiger charge is -2.08. The van der Waals surface area contributed by atoms with E-state index in [4.69, 9.17) is 0 Å². The molecule has 4 rings (SSSR count). The zero-order chi connectivity index (χ0) is 15.1. The van der Waals surface area contributed by atoms with E-state index in [0.717, 1.165) is 23.1 Å². The monoisotopic (exact) mass is 287 g/mol. The molecule has 0 atom stereocenters. The Kier molecular flexibility index (Phi) is 2.93. The topological polar surface area (TPSA) is 30.7 Å². The summed E-state index contributed by atoms with van der Waals surface area (Å²) >= 11 is 0. The van der Waals surface area contributed by atoms with Crippen LogP contribution in [0.1, 0.15) is 12.5 Å². The number of rotatable bonds is 2. The van der Waals surface area contributed by atoms with E-state index in [-0.39, 0.29) is 0 Å². The molecule has 3 nitrogen and oxygen atoms in total. The molecule has 2 aromatic carbocycles. The van der Waals surface area contributed by atoms with E-state index in [9.17, 15) is 0 Å². The third-order valence-corrected chi connectivity index (χ3v) is 4.14. The molecular formula is C19H17N3. The third-order valence-electron chi connectivity index (χ3n) is 4.14. The van der Waals surface area contributed by atoms with E-state index < -0.39 is 0 Å². The molecule has 0 bridgehead atoms. The van der Waals surface area contributed by atoms with E-state index in [2.05, 4.69) is 71.0 Å². The van der Waals surface area contributed by atoms with Gasteiger partial charge in [0.2, 0.25) is 0 Å². The Morgan fingerprint density at radius 1 is 1.00 bits per heavy atom. The molecule has 0 fully saturated rings. The molecule has 0 aliphatic carbocycles. The minimum Gasteiger partial charge on any atom is -0.348 e. The van der Waals surface area contributed by atoms with Gasteiger partial charge in [0.1, 0.15) is 0 Å². The van der Waals surface area contributed by atoms with Gasteiger partial charge < -0.3 is 4.57 Å². The number of nitrogens with zero attached hydrogens (tertiary/aromatic N) is 3. The Morgan fingerprint density at radius 3 is 2.73 bits per heavy atom. The van der Waals surface area contributed by atoms with Crippen molar-refractivity contribution < 1.29 is 0 Å². The van der Waals surface area contributed by atoms with Gasteiger partial charge in [-0.3, -0.25) is 9.97 Å². The molecule has 2 heterocycles. The van der Waals surface area contributed by atoms with Crippen LogP contribution in [-0.2, 0) is 6.54 Å². The SMILES string of the molecule is CCn1ccc2cc(-c3cc(C)cc4nccnc34)ccc21. The lowest BCUT2D eigenvalue weighted by Crippen LogP contribution is -1.91. The molecular weight excluding hydrogens is 270 g/mol. The summed E-state index contributed by atoms with van der Waals surface area (Å²) in [5.74, 6) is 0. The molecule has 22 heavy (non-hydrogen) atoms. The van der Waals surface area contributed by atoms with Crippen molar-refractivity contribution in [3.05, 3.63) is 60.6 Å². The number of benzene rings is 2. The van der Waals surface area contributed by atoms with Crippen LogP contribution in [0.15, 0.2) is 55.0 Å². The molecule has 0 radical (unpaired) electrons. The second-order valence-electron chi connectivity index (χ2n) is 5.61. The minimum atomic E-state index is 0.948. The molecule has 0 amide bonds. The van der Waals surface area contributed by atoms with Gasteiger partial charge in [-0.05, 0) is 55.3 Å². The average molecular weight is 287 g/mol. The van der Waals surface area contributed by atoms with Gasteiger partial charge in [0.25, 0.3) is 0 Å². The summed E-state index contributed by atoms with van der Waals surface area (Å²) in [7, 11) is 0. The van der Waals surface area contributed by atoms with Crippen LogP contribution in [0.3, 0.4) is 0 Å². The summed E-state index contributed by atoms with van der Waals surface area (Å²) in [4.78, 5) is 8.97. The summed E-state index contributed by atoms with van der Waals surface area (Å²) in [6, 6.07) is 13.1. The fourth-order valence-electron chi connectivity index (χ4n) is 3.08. The minimum absolute atomic E-state index is 0.948. The highest BCUT2D eigenvalue weighted by molar-refractivity contribution is 5.95. The second-order valence-corrected chi connectivity index (χ2v) is 5.61. The molecule has 0 unspecified atom stereocenters. The Hall–Kier alpha value is -2.68. The van der Waals surface area contributed by atoms with Gasteiger partial charge in [-0.25, -0.2) is 0 Å². The number of hydrogen-bond acceptors (Lipinski definition) is 2. The Labute approximate surface area is 129 Å². The normalized spacial score (nSPS) is 11.4. The maximum absolute atomic E-state index is 4.53. The van der Waals surface area contributed by atoms with Crippen LogP contribution in [0.25, 0.3) is 33.1 Å². The predicted molar refractivity (Wildman–Crippen MR) is 90.9 cm³/mol. The second kappa shape index (κ2) is 4.95. The number of aryl methyl sites for hydroxylation is 2. The van der Waals surface area contributed by atoms with Crippen LogP contribution in [0.2, 0.25) is 0 Å². The summed E-state index contributed by atoms with van der Waals surface area (Å²) in [6.45, 7) is 5.25. The first-order valence-electron chi connectivity index (χ1n) is 7.57. The highest BCUT2D eigenvalue weighted by Gasteiger charge is 2.09. The van der Waals surface area contributed by atoms with Gasteiger partial charge in [0.15, 0.2) is 0 Å². The van der Waals surface area contributed by atoms with Crippen LogP contribution in [0.5, 0.6) is 0 Å². The third kappa shape index (κ3) is 1.98. The smallest absolute Gasteiger partial charge is 0.0965 e. The zero-order valence-corrected chi connectivity index (χ0v) is 12.7. The molecule has 4 aromatic rings. The lowest BCUT2D eigenvalue weighted by atomic mass is 10.00. The standard InChI is InChI=1S/C19H17N3/c1-3-22-9-6-15-12-14(4-5-18(15)22)16-10-13(2)11-17-19(16)21-8-7-20-17/h4-12H,3H2,1-2H3. The van der Waals surface area contributed by atoms with E-state index in [0.29, 0.717) is 0 Å². The first kappa shape index (κ1) is 13.0. The van der Waals surface area contributed by atoms with Gasteiger partial charge in [-0.2, -0.15) is 0 Å². The highest BCUT2D eigenvalue weighted by Crippen LogP contribution is 2.30. The van der Waals surface area contributed by atoms with E-state index in [1.54, 1.807) is 12.4 Å². The van der Waals surface area contributed by atoms with Crippen LogP contribution in [0, 0.1) is 6.92 Å². The first-order chi connectivity index (χ1) is 10.8. The fourth-order valence-corrected chi connectivity index (χ4v) is 3.08. The first-order valence-corrected chi connectivity index (χ1v) is 7.57. The predicted octanol–water partition coefficient (Wildman–Crippen LogP) is 4.58. The lowest BCUT2D eigenvalue weighted by molar-refractivity contribution is 0.798. The largest absolute Gasteiger partial charge is 0.348 e. The molecule has 0 saturated carbocycles. The Morgan fingerprint density at radius 2 is 1.86 bits per heavy atom. The number of fused-ring (bicyclic) bond motifs is 2. The van der Waals surface area contributed by atoms with Gasteiger partial charge in [0.05, 0.1) is 11.0 Å². The zero-order valence-electron chi connectivity index (χ0n) is 12.7. The van der Waals surface area contributed by atoms with Gasteiger partial charge in [-0.1, -0.05) is 6.07 Å². The summed E-state index contributed by atoms with van der Waals surface area (Å²) in [5.41, 5.74) is 6.72. The summed E-state index contributed by atoms with van der Waals surface area (Å²) < 4.78 is 2.26. The average Bonchev–Trinajstić information content (AvgIpc) is 2.96. The molecule has 2 aromatic heterocycles.